The first-order chi connectivity index (χ1) is 24.8. The standard InChI is InChI=1S/C46H25N3O/c1-2-10-26(11-3-1)27-13-8-14-30(24-27)45-46(48-34-18-7-6-17-33(34)47-45)49-35-21-20-29-25-28-12-4-5-15-31(28)40-32-16-9-19-37-41(32)44-38(50-37)23-22-36(49)43(44)42(35)39(29)40/h1-25H. The Morgan fingerprint density at radius 2 is 1.14 bits per heavy atom. The van der Waals surface area contributed by atoms with Crippen LogP contribution in [-0.4, -0.2) is 14.5 Å². The molecule has 50 heavy (non-hydrogen) atoms. The molecule has 0 unspecified atom stereocenters. The van der Waals surface area contributed by atoms with Gasteiger partial charge < -0.3 is 4.42 Å². The van der Waals surface area contributed by atoms with Gasteiger partial charge in [-0.15, -0.1) is 0 Å². The minimum absolute atomic E-state index is 0.809. The lowest BCUT2D eigenvalue weighted by molar-refractivity contribution is 0.669. The topological polar surface area (TPSA) is 43.9 Å². The molecule has 0 aliphatic heterocycles. The van der Waals surface area contributed by atoms with Crippen LogP contribution in [0.5, 0.6) is 0 Å². The van der Waals surface area contributed by atoms with Gasteiger partial charge in [-0.1, -0.05) is 103 Å². The van der Waals surface area contributed by atoms with Crippen LogP contribution in [0.3, 0.4) is 0 Å². The van der Waals surface area contributed by atoms with Crippen LogP contribution in [0.15, 0.2) is 156 Å². The second kappa shape index (κ2) is 9.43. The van der Waals surface area contributed by atoms with Crippen molar-refractivity contribution >= 4 is 76.3 Å². The SMILES string of the molecule is c1ccc(-c2cccc(-c3nc4ccccc4nc3-n3c4ccc5cc6ccccc6c6c5c4c4c5c(ccc43)oc3cccc-6c35)c2)cc1. The lowest BCUT2D eigenvalue weighted by atomic mass is 9.90. The van der Waals surface area contributed by atoms with Crippen LogP contribution >= 0.6 is 0 Å². The van der Waals surface area contributed by atoms with E-state index >= 15 is 0 Å². The number of furan rings is 1. The first-order valence-electron chi connectivity index (χ1n) is 17.0. The van der Waals surface area contributed by atoms with Crippen LogP contribution in [0.4, 0.5) is 0 Å². The Bertz CT molecular complexity index is 3260. The molecule has 8 aromatic carbocycles. The maximum Gasteiger partial charge on any atom is 0.165 e. The zero-order valence-electron chi connectivity index (χ0n) is 26.7. The Hall–Kier alpha value is -6.78. The molecule has 3 heterocycles. The third kappa shape index (κ3) is 3.34. The fraction of sp³-hybridized carbons (Fsp3) is 0. The van der Waals surface area contributed by atoms with E-state index in [1.54, 1.807) is 0 Å². The van der Waals surface area contributed by atoms with E-state index in [0.29, 0.717) is 0 Å². The maximum atomic E-state index is 6.61. The van der Waals surface area contributed by atoms with E-state index in [1.807, 2.05) is 12.1 Å². The summed E-state index contributed by atoms with van der Waals surface area (Å²) >= 11 is 0. The third-order valence-corrected chi connectivity index (χ3v) is 10.7. The molecule has 1 aliphatic carbocycles. The summed E-state index contributed by atoms with van der Waals surface area (Å²) < 4.78 is 8.96. The second-order valence-corrected chi connectivity index (χ2v) is 13.3. The molecule has 12 rings (SSSR count). The lowest BCUT2D eigenvalue weighted by Crippen LogP contribution is -2.04. The zero-order chi connectivity index (χ0) is 32.5. The molecule has 4 nitrogen and oxygen atoms in total. The number of hydrogen-bond acceptors (Lipinski definition) is 3. The van der Waals surface area contributed by atoms with Gasteiger partial charge in [-0.2, -0.15) is 0 Å². The Balaban J connectivity index is 1.29. The molecule has 3 aromatic heterocycles. The van der Waals surface area contributed by atoms with Gasteiger partial charge in [0.2, 0.25) is 0 Å². The van der Waals surface area contributed by atoms with Crippen molar-refractivity contribution in [3.8, 4) is 39.3 Å². The highest BCUT2D eigenvalue weighted by Gasteiger charge is 2.29. The van der Waals surface area contributed by atoms with E-state index in [1.165, 1.54) is 54.4 Å². The molecular formula is C46H25N3O. The second-order valence-electron chi connectivity index (χ2n) is 13.3. The molecule has 0 atom stereocenters. The molecule has 0 radical (unpaired) electrons. The largest absolute Gasteiger partial charge is 0.456 e. The molecule has 1 aliphatic rings. The number of benzene rings is 8. The van der Waals surface area contributed by atoms with Gasteiger partial charge in [0.25, 0.3) is 0 Å². The highest BCUT2D eigenvalue weighted by atomic mass is 16.3. The van der Waals surface area contributed by atoms with Crippen molar-refractivity contribution in [2.75, 3.05) is 0 Å². The van der Waals surface area contributed by atoms with E-state index in [2.05, 4.69) is 144 Å². The summed E-state index contributed by atoms with van der Waals surface area (Å²) in [6.07, 6.45) is 0. The Kier molecular flexibility index (Phi) is 4.94. The van der Waals surface area contributed by atoms with Crippen LogP contribution in [0.2, 0.25) is 0 Å². The number of para-hydroxylation sites is 2. The first kappa shape index (κ1) is 26.2. The third-order valence-electron chi connectivity index (χ3n) is 10.7. The van der Waals surface area contributed by atoms with Crippen molar-refractivity contribution in [3.05, 3.63) is 152 Å². The minimum Gasteiger partial charge on any atom is -0.456 e. The van der Waals surface area contributed by atoms with Crippen LogP contribution in [0.25, 0.3) is 116 Å². The summed E-state index contributed by atoms with van der Waals surface area (Å²) in [6.45, 7) is 0. The summed E-state index contributed by atoms with van der Waals surface area (Å²) in [5.74, 6) is 0.809. The molecule has 0 saturated heterocycles. The summed E-state index contributed by atoms with van der Waals surface area (Å²) in [6, 6.07) is 53.9. The molecule has 0 saturated carbocycles. The van der Waals surface area contributed by atoms with Crippen LogP contribution in [-0.2, 0) is 0 Å². The quantitative estimate of drug-likeness (QED) is 0.181. The zero-order valence-corrected chi connectivity index (χ0v) is 26.7. The van der Waals surface area contributed by atoms with Crippen molar-refractivity contribution in [1.29, 1.82) is 0 Å². The van der Waals surface area contributed by atoms with E-state index < -0.39 is 0 Å². The average molecular weight is 636 g/mol. The molecule has 0 bridgehead atoms. The first-order valence-corrected chi connectivity index (χ1v) is 17.0. The smallest absolute Gasteiger partial charge is 0.165 e. The van der Waals surface area contributed by atoms with Gasteiger partial charge in [0.1, 0.15) is 16.9 Å². The van der Waals surface area contributed by atoms with E-state index in [0.717, 1.165) is 61.3 Å². The fourth-order valence-corrected chi connectivity index (χ4v) is 8.59. The predicted molar refractivity (Wildman–Crippen MR) is 206 cm³/mol. The minimum atomic E-state index is 0.809. The van der Waals surface area contributed by atoms with Crippen molar-refractivity contribution in [2.24, 2.45) is 0 Å². The number of fused-ring (bicyclic) bond motifs is 4. The van der Waals surface area contributed by atoms with Crippen LogP contribution in [0.1, 0.15) is 0 Å². The molecule has 0 N–H and O–H groups in total. The monoisotopic (exact) mass is 635 g/mol. The van der Waals surface area contributed by atoms with Crippen molar-refractivity contribution in [3.63, 3.8) is 0 Å². The molecule has 4 heteroatoms. The van der Waals surface area contributed by atoms with Crippen molar-refractivity contribution in [2.45, 2.75) is 0 Å². The van der Waals surface area contributed by atoms with Gasteiger partial charge in [0.15, 0.2) is 5.82 Å². The highest BCUT2D eigenvalue weighted by molar-refractivity contribution is 6.40. The summed E-state index contributed by atoms with van der Waals surface area (Å²) in [4.78, 5) is 10.8. The summed E-state index contributed by atoms with van der Waals surface area (Å²) in [7, 11) is 0. The molecule has 0 amide bonds. The molecule has 11 aromatic rings. The Labute approximate surface area is 285 Å². The van der Waals surface area contributed by atoms with E-state index in [4.69, 9.17) is 14.4 Å². The van der Waals surface area contributed by atoms with Crippen LogP contribution < -0.4 is 0 Å². The number of rotatable bonds is 3. The normalized spacial score (nSPS) is 12.4. The molecule has 230 valence electrons. The van der Waals surface area contributed by atoms with Gasteiger partial charge >= 0.3 is 0 Å². The van der Waals surface area contributed by atoms with Gasteiger partial charge in [0.05, 0.1) is 22.1 Å². The molecule has 0 spiro atoms. The van der Waals surface area contributed by atoms with Gasteiger partial charge in [0, 0.05) is 32.5 Å². The van der Waals surface area contributed by atoms with Gasteiger partial charge in [-0.25, -0.2) is 9.97 Å². The van der Waals surface area contributed by atoms with Crippen molar-refractivity contribution < 1.29 is 4.42 Å². The summed E-state index contributed by atoms with van der Waals surface area (Å²) in [5, 5.41) is 9.71. The molecule has 0 fully saturated rings. The molecular weight excluding hydrogens is 611 g/mol. The van der Waals surface area contributed by atoms with Gasteiger partial charge in [-0.3, -0.25) is 4.57 Å². The Morgan fingerprint density at radius 3 is 2.04 bits per heavy atom. The van der Waals surface area contributed by atoms with Crippen molar-refractivity contribution in [1.82, 2.24) is 14.5 Å². The lowest BCUT2D eigenvalue weighted by Gasteiger charge is -2.16. The predicted octanol–water partition coefficient (Wildman–Crippen LogP) is 12.2. The summed E-state index contributed by atoms with van der Waals surface area (Å²) in [5.41, 5.74) is 12.4. The fourth-order valence-electron chi connectivity index (χ4n) is 8.59. The number of hydrogen-bond donors (Lipinski definition) is 0. The Morgan fingerprint density at radius 1 is 0.440 bits per heavy atom. The van der Waals surface area contributed by atoms with Crippen LogP contribution in [0, 0.1) is 0 Å². The highest BCUT2D eigenvalue weighted by Crippen LogP contribution is 2.52. The maximum absolute atomic E-state index is 6.61. The average Bonchev–Trinajstić information content (AvgIpc) is 3.68. The van der Waals surface area contributed by atoms with E-state index in [-0.39, 0.29) is 0 Å². The number of nitrogens with zero attached hydrogens (tertiary/aromatic N) is 3. The van der Waals surface area contributed by atoms with Gasteiger partial charge in [-0.05, 0) is 86.9 Å². The number of aromatic nitrogens is 3. The van der Waals surface area contributed by atoms with E-state index in [9.17, 15) is 0 Å².